The molecule has 1 amide bonds. The second kappa shape index (κ2) is 12.9. The molecule has 0 spiro atoms. The summed E-state index contributed by atoms with van der Waals surface area (Å²) in [6.45, 7) is 10.5. The molecule has 1 N–H and O–H groups in total. The van der Waals surface area contributed by atoms with Crippen LogP contribution in [0.5, 0.6) is 0 Å². The van der Waals surface area contributed by atoms with Gasteiger partial charge in [0, 0.05) is 31.7 Å². The van der Waals surface area contributed by atoms with Crippen molar-refractivity contribution in [2.24, 2.45) is 7.05 Å². The molecule has 0 radical (unpaired) electrons. The standard InChI is InChI=1S/C26H31F5N4O5.C2H6/c1-6-38-23(36)22-32-17-11-35(12-19(17)34(22)5)18-10-16(33-24(37)40-25(2,3)4)20(39-21(18)26(29,30)31)14-9-13(27)7-8-15(14)28;1-2/h7-9,16,18,20-21H,6,10-12H2,1-5H3,(H,33,37);1-2H3/t16?,18?,20-,21?;/m1./s1. The van der Waals surface area contributed by atoms with Crippen LogP contribution in [0.2, 0.25) is 0 Å². The normalized spacial score (nSPS) is 22.6. The van der Waals surface area contributed by atoms with E-state index in [2.05, 4.69) is 10.3 Å². The summed E-state index contributed by atoms with van der Waals surface area (Å²) in [5, 5.41) is 2.51. The number of fused-ring (bicyclic) bond motifs is 1. The molecule has 0 saturated carbocycles. The summed E-state index contributed by atoms with van der Waals surface area (Å²) in [7, 11) is 1.57. The maximum atomic E-state index is 14.8. The summed E-state index contributed by atoms with van der Waals surface area (Å²) in [5.41, 5.74) is -0.453. The van der Waals surface area contributed by atoms with Gasteiger partial charge in [-0.15, -0.1) is 0 Å². The minimum Gasteiger partial charge on any atom is -0.460 e. The van der Waals surface area contributed by atoms with Crippen molar-refractivity contribution >= 4 is 12.1 Å². The third-order valence-electron chi connectivity index (χ3n) is 6.72. The lowest BCUT2D eigenvalue weighted by atomic mass is 9.88. The minimum absolute atomic E-state index is 0.00298. The molecule has 1 aromatic carbocycles. The number of halogens is 5. The van der Waals surface area contributed by atoms with Gasteiger partial charge in [0.15, 0.2) is 6.10 Å². The van der Waals surface area contributed by atoms with Gasteiger partial charge in [0.1, 0.15) is 23.3 Å². The van der Waals surface area contributed by atoms with Gasteiger partial charge in [0.2, 0.25) is 5.82 Å². The zero-order valence-electron chi connectivity index (χ0n) is 24.6. The van der Waals surface area contributed by atoms with Crippen LogP contribution in [0.1, 0.15) is 81.6 Å². The minimum atomic E-state index is -4.89. The van der Waals surface area contributed by atoms with E-state index in [0.717, 1.165) is 18.2 Å². The Morgan fingerprint density at radius 3 is 2.38 bits per heavy atom. The average Bonchev–Trinajstić information content (AvgIpc) is 3.44. The highest BCUT2D eigenvalue weighted by atomic mass is 19.4. The summed E-state index contributed by atoms with van der Waals surface area (Å²) >= 11 is 0. The van der Waals surface area contributed by atoms with Gasteiger partial charge in [0.05, 0.1) is 24.0 Å². The van der Waals surface area contributed by atoms with Gasteiger partial charge in [0.25, 0.3) is 0 Å². The van der Waals surface area contributed by atoms with Crippen LogP contribution in [-0.2, 0) is 34.3 Å². The van der Waals surface area contributed by atoms with E-state index in [0.29, 0.717) is 11.4 Å². The Hall–Kier alpha value is -3.26. The van der Waals surface area contributed by atoms with Gasteiger partial charge in [-0.05, 0) is 52.3 Å². The molecule has 1 fully saturated rings. The van der Waals surface area contributed by atoms with E-state index < -0.39 is 65.3 Å². The van der Waals surface area contributed by atoms with Crippen molar-refractivity contribution in [3.05, 3.63) is 52.6 Å². The Balaban J connectivity index is 0.00000237. The monoisotopic (exact) mass is 604 g/mol. The molecular formula is C28H37F5N4O5. The largest absolute Gasteiger partial charge is 0.460 e. The number of carbonyl (C=O) groups excluding carboxylic acids is 2. The van der Waals surface area contributed by atoms with E-state index in [1.165, 1.54) is 9.47 Å². The van der Waals surface area contributed by atoms with Gasteiger partial charge in [-0.2, -0.15) is 13.2 Å². The fourth-order valence-electron chi connectivity index (χ4n) is 5.07. The molecule has 2 aliphatic heterocycles. The molecule has 0 bridgehead atoms. The van der Waals surface area contributed by atoms with Gasteiger partial charge >= 0.3 is 18.2 Å². The second-order valence-electron chi connectivity index (χ2n) is 10.8. The van der Waals surface area contributed by atoms with Crippen molar-refractivity contribution in [3.63, 3.8) is 0 Å². The number of hydrogen-bond acceptors (Lipinski definition) is 7. The molecule has 2 aliphatic rings. The summed E-state index contributed by atoms with van der Waals surface area (Å²) in [5.74, 6) is -2.47. The molecule has 234 valence electrons. The van der Waals surface area contributed by atoms with Crippen molar-refractivity contribution in [2.75, 3.05) is 6.61 Å². The van der Waals surface area contributed by atoms with Crippen LogP contribution in [0.25, 0.3) is 0 Å². The number of benzene rings is 1. The van der Waals surface area contributed by atoms with Crippen molar-refractivity contribution in [1.82, 2.24) is 19.8 Å². The highest BCUT2D eigenvalue weighted by Gasteiger charge is 2.55. The van der Waals surface area contributed by atoms with Crippen LogP contribution in [0.15, 0.2) is 18.2 Å². The number of carbonyl (C=O) groups is 2. The first-order chi connectivity index (χ1) is 19.6. The first kappa shape index (κ1) is 33.2. The van der Waals surface area contributed by atoms with Crippen LogP contribution in [0.4, 0.5) is 26.7 Å². The SMILES string of the molecule is CC.CCOC(=O)c1nc2c(n1C)CN(C1CC(NC(=O)OC(C)(C)C)[C@@H](c3cc(F)ccc3F)OC1C(F)(F)F)C2. The summed E-state index contributed by atoms with van der Waals surface area (Å²) < 4.78 is 89.3. The summed E-state index contributed by atoms with van der Waals surface area (Å²) in [4.78, 5) is 30.6. The predicted molar refractivity (Wildman–Crippen MR) is 141 cm³/mol. The third kappa shape index (κ3) is 7.38. The zero-order valence-corrected chi connectivity index (χ0v) is 24.6. The molecule has 0 aliphatic carbocycles. The van der Waals surface area contributed by atoms with E-state index in [1.54, 1.807) is 34.7 Å². The van der Waals surface area contributed by atoms with Crippen LogP contribution < -0.4 is 5.32 Å². The lowest BCUT2D eigenvalue weighted by molar-refractivity contribution is -0.270. The fraction of sp³-hybridized carbons (Fsp3) is 0.607. The first-order valence-corrected chi connectivity index (χ1v) is 13.7. The lowest BCUT2D eigenvalue weighted by Crippen LogP contribution is -2.59. The molecule has 3 unspecified atom stereocenters. The predicted octanol–water partition coefficient (Wildman–Crippen LogP) is 5.57. The number of alkyl carbamates (subject to hydrolysis) is 1. The topological polar surface area (TPSA) is 94.9 Å². The number of amides is 1. The number of nitrogens with one attached hydrogen (secondary N) is 1. The van der Waals surface area contributed by atoms with Crippen molar-refractivity contribution in [2.45, 2.75) is 97.1 Å². The summed E-state index contributed by atoms with van der Waals surface area (Å²) in [6, 6.07) is -0.169. The van der Waals surface area contributed by atoms with E-state index in [-0.39, 0.29) is 31.9 Å². The first-order valence-electron chi connectivity index (χ1n) is 13.7. The molecule has 4 atom stereocenters. The quantitative estimate of drug-likeness (QED) is 0.352. The molecule has 42 heavy (non-hydrogen) atoms. The molecule has 3 heterocycles. The molecule has 9 nitrogen and oxygen atoms in total. The smallest absolute Gasteiger partial charge is 0.416 e. The molecule has 2 aromatic rings. The number of ether oxygens (including phenoxy) is 3. The Labute approximate surface area is 241 Å². The number of aromatic nitrogens is 2. The number of nitrogens with zero attached hydrogens (tertiary/aromatic N) is 3. The maximum absolute atomic E-state index is 14.8. The van der Waals surface area contributed by atoms with Crippen molar-refractivity contribution in [3.8, 4) is 0 Å². The highest BCUT2D eigenvalue weighted by molar-refractivity contribution is 5.85. The van der Waals surface area contributed by atoms with E-state index in [1.807, 2.05) is 13.8 Å². The highest BCUT2D eigenvalue weighted by Crippen LogP contribution is 2.43. The Morgan fingerprint density at radius 1 is 1.14 bits per heavy atom. The summed E-state index contributed by atoms with van der Waals surface area (Å²) in [6.07, 6.45) is -10.2. The molecule has 14 heteroatoms. The Bertz CT molecular complexity index is 1280. The van der Waals surface area contributed by atoms with E-state index in [9.17, 15) is 31.5 Å². The number of hydrogen-bond donors (Lipinski definition) is 1. The number of esters is 1. The number of alkyl halides is 3. The number of imidazole rings is 1. The molecular weight excluding hydrogens is 567 g/mol. The van der Waals surface area contributed by atoms with Crippen LogP contribution >= 0.6 is 0 Å². The van der Waals surface area contributed by atoms with Crippen LogP contribution in [0, 0.1) is 11.6 Å². The second-order valence-corrected chi connectivity index (χ2v) is 10.8. The molecule has 1 saturated heterocycles. The van der Waals surface area contributed by atoms with Gasteiger partial charge in [-0.3, -0.25) is 4.90 Å². The zero-order chi connectivity index (χ0) is 31.6. The average molecular weight is 605 g/mol. The molecule has 1 aromatic heterocycles. The number of rotatable bonds is 5. The van der Waals surface area contributed by atoms with E-state index in [4.69, 9.17) is 14.2 Å². The maximum Gasteiger partial charge on any atom is 0.416 e. The fourth-order valence-corrected chi connectivity index (χ4v) is 5.07. The molecule has 4 rings (SSSR count). The van der Waals surface area contributed by atoms with Crippen molar-refractivity contribution < 1.29 is 45.8 Å². The Morgan fingerprint density at radius 2 is 1.81 bits per heavy atom. The van der Waals surface area contributed by atoms with Gasteiger partial charge in [-0.1, -0.05) is 13.8 Å². The van der Waals surface area contributed by atoms with Gasteiger partial charge in [-0.25, -0.2) is 23.4 Å². The van der Waals surface area contributed by atoms with Gasteiger partial charge < -0.3 is 24.1 Å². The van der Waals surface area contributed by atoms with Crippen molar-refractivity contribution in [1.29, 1.82) is 0 Å². The van der Waals surface area contributed by atoms with E-state index >= 15 is 0 Å². The van der Waals surface area contributed by atoms with Crippen LogP contribution in [0.3, 0.4) is 0 Å². The Kier molecular flexibility index (Phi) is 10.2. The third-order valence-corrected chi connectivity index (χ3v) is 6.72. The van der Waals surface area contributed by atoms with Crippen LogP contribution in [-0.4, -0.2) is 63.1 Å². The lowest BCUT2D eigenvalue weighted by Gasteiger charge is -2.45.